The molecule has 1 fully saturated rings. The van der Waals surface area contributed by atoms with Gasteiger partial charge in [-0.25, -0.2) is 0 Å². The van der Waals surface area contributed by atoms with Crippen molar-refractivity contribution >= 4 is 22.7 Å². The zero-order valence-corrected chi connectivity index (χ0v) is 18.9. The van der Waals surface area contributed by atoms with Crippen LogP contribution in [0.2, 0.25) is 0 Å². The average Bonchev–Trinajstić information content (AvgIpc) is 3.49. The molecule has 172 valence electrons. The van der Waals surface area contributed by atoms with Crippen molar-refractivity contribution in [2.24, 2.45) is 0 Å². The third-order valence-corrected chi connectivity index (χ3v) is 6.20. The molecule has 0 radical (unpaired) electrons. The van der Waals surface area contributed by atoms with Crippen LogP contribution in [0.25, 0.3) is 10.9 Å². The monoisotopic (exact) mass is 454 g/mol. The Morgan fingerprint density at radius 3 is 2.79 bits per heavy atom. The second-order valence-corrected chi connectivity index (χ2v) is 8.55. The van der Waals surface area contributed by atoms with Crippen LogP contribution in [0.5, 0.6) is 5.75 Å². The van der Waals surface area contributed by atoms with Gasteiger partial charge in [0.25, 0.3) is 5.91 Å². The Kier molecular flexibility index (Phi) is 5.99. The number of benzene rings is 2. The van der Waals surface area contributed by atoms with Crippen molar-refractivity contribution in [1.82, 2.24) is 20.2 Å². The molecule has 2 amide bonds. The van der Waals surface area contributed by atoms with Crippen LogP contribution in [0.4, 0.5) is 0 Å². The van der Waals surface area contributed by atoms with Crippen LogP contribution in [0.15, 0.2) is 79.3 Å². The zero-order chi connectivity index (χ0) is 23.5. The lowest BCUT2D eigenvalue weighted by Crippen LogP contribution is -2.42. The largest absolute Gasteiger partial charge is 0.487 e. The fourth-order valence-electron chi connectivity index (χ4n) is 4.38. The van der Waals surface area contributed by atoms with Gasteiger partial charge in [-0.2, -0.15) is 0 Å². The first kappa shape index (κ1) is 21.7. The fourth-order valence-corrected chi connectivity index (χ4v) is 4.38. The van der Waals surface area contributed by atoms with E-state index in [1.165, 1.54) is 0 Å². The zero-order valence-electron chi connectivity index (χ0n) is 18.9. The molecule has 34 heavy (non-hydrogen) atoms. The van der Waals surface area contributed by atoms with Gasteiger partial charge in [0.05, 0.1) is 12.7 Å². The van der Waals surface area contributed by atoms with Crippen molar-refractivity contribution in [2.75, 3.05) is 13.1 Å². The smallest absolute Gasteiger partial charge is 0.252 e. The maximum atomic E-state index is 13.6. The Morgan fingerprint density at radius 1 is 1.15 bits per heavy atom. The number of fused-ring (bicyclic) bond motifs is 1. The van der Waals surface area contributed by atoms with E-state index in [1.807, 2.05) is 67.7 Å². The van der Waals surface area contributed by atoms with Gasteiger partial charge in [0.1, 0.15) is 17.9 Å². The number of aryl methyl sites for hydroxylation is 1. The third-order valence-electron chi connectivity index (χ3n) is 6.20. The molecule has 0 aliphatic carbocycles. The van der Waals surface area contributed by atoms with Crippen LogP contribution in [-0.4, -0.2) is 45.9 Å². The van der Waals surface area contributed by atoms with Crippen LogP contribution in [0, 0.1) is 6.92 Å². The van der Waals surface area contributed by atoms with Gasteiger partial charge in [-0.3, -0.25) is 14.6 Å². The molecule has 1 aliphatic heterocycles. The minimum Gasteiger partial charge on any atom is -0.487 e. The second-order valence-electron chi connectivity index (χ2n) is 8.55. The van der Waals surface area contributed by atoms with Gasteiger partial charge in [0, 0.05) is 41.8 Å². The number of aromatic amines is 1. The van der Waals surface area contributed by atoms with E-state index in [9.17, 15) is 9.59 Å². The summed E-state index contributed by atoms with van der Waals surface area (Å²) >= 11 is 0. The normalized spacial score (nSPS) is 16.4. The van der Waals surface area contributed by atoms with Crippen LogP contribution >= 0.6 is 0 Å². The third kappa shape index (κ3) is 4.50. The minimum absolute atomic E-state index is 0.112. The number of nitrogens with zero attached hydrogens (tertiary/aromatic N) is 2. The maximum Gasteiger partial charge on any atom is 0.252 e. The Balaban J connectivity index is 1.33. The molecule has 2 aromatic heterocycles. The highest BCUT2D eigenvalue weighted by Crippen LogP contribution is 2.24. The van der Waals surface area contributed by atoms with E-state index in [0.29, 0.717) is 24.4 Å². The summed E-state index contributed by atoms with van der Waals surface area (Å²) in [7, 11) is 0. The number of carbonyl (C=O) groups excluding carboxylic acids is 2. The number of hydrogen-bond acceptors (Lipinski definition) is 4. The van der Waals surface area contributed by atoms with Gasteiger partial charge in [0.15, 0.2) is 0 Å². The van der Waals surface area contributed by atoms with Crippen molar-refractivity contribution in [3.63, 3.8) is 0 Å². The lowest BCUT2D eigenvalue weighted by Gasteiger charge is -2.25. The second kappa shape index (κ2) is 9.39. The van der Waals surface area contributed by atoms with E-state index in [4.69, 9.17) is 4.74 Å². The molecule has 2 unspecified atom stereocenters. The van der Waals surface area contributed by atoms with Gasteiger partial charge in [-0.15, -0.1) is 0 Å². The van der Waals surface area contributed by atoms with Crippen molar-refractivity contribution in [3.8, 4) is 5.75 Å². The lowest BCUT2D eigenvalue weighted by atomic mass is 10.0. The molecule has 2 aromatic carbocycles. The Morgan fingerprint density at radius 2 is 2.00 bits per heavy atom. The number of carbonyl (C=O) groups is 2. The molecule has 2 atom stereocenters. The fraction of sp³-hybridized carbons (Fsp3) is 0.222. The predicted octanol–water partition coefficient (Wildman–Crippen LogP) is 4.02. The molecule has 7 nitrogen and oxygen atoms in total. The highest BCUT2D eigenvalue weighted by atomic mass is 16.5. The van der Waals surface area contributed by atoms with Gasteiger partial charge in [-0.1, -0.05) is 36.4 Å². The van der Waals surface area contributed by atoms with Gasteiger partial charge >= 0.3 is 0 Å². The maximum absolute atomic E-state index is 13.6. The molecule has 3 heterocycles. The Bertz CT molecular complexity index is 1300. The van der Waals surface area contributed by atoms with Crippen molar-refractivity contribution < 1.29 is 14.3 Å². The van der Waals surface area contributed by atoms with E-state index >= 15 is 0 Å². The number of hydrogen-bond donors (Lipinski definition) is 2. The summed E-state index contributed by atoms with van der Waals surface area (Å²) in [5.74, 6) is 0.247. The lowest BCUT2D eigenvalue weighted by molar-refractivity contribution is -0.132. The van der Waals surface area contributed by atoms with Crippen LogP contribution in [-0.2, 0) is 4.79 Å². The Hall–Kier alpha value is -4.13. The number of pyridine rings is 1. The molecule has 1 aliphatic rings. The first-order chi connectivity index (χ1) is 16.6. The number of rotatable bonds is 6. The van der Waals surface area contributed by atoms with Crippen molar-refractivity contribution in [3.05, 3.63) is 95.9 Å². The molecular formula is C27H26N4O3. The van der Waals surface area contributed by atoms with E-state index in [0.717, 1.165) is 28.5 Å². The first-order valence-corrected chi connectivity index (χ1v) is 11.4. The molecule has 7 heteroatoms. The summed E-state index contributed by atoms with van der Waals surface area (Å²) in [5.41, 5.74) is 3.26. The van der Waals surface area contributed by atoms with Crippen molar-refractivity contribution in [2.45, 2.75) is 25.5 Å². The van der Waals surface area contributed by atoms with Crippen LogP contribution in [0.1, 0.15) is 33.9 Å². The number of amides is 2. The summed E-state index contributed by atoms with van der Waals surface area (Å²) in [6.45, 7) is 3.04. The van der Waals surface area contributed by atoms with Gasteiger partial charge < -0.3 is 19.9 Å². The number of nitrogens with one attached hydrogen (secondary N) is 2. The SMILES string of the molecule is Cc1c[nH]c2cc(C(=O)NC(C(=O)N3CCC(Oc4cccnc4)C3)c3ccccc3)ccc12. The van der Waals surface area contributed by atoms with E-state index in [1.54, 1.807) is 23.4 Å². The molecule has 2 N–H and O–H groups in total. The standard InChI is InChI=1S/C27H26N4O3/c1-18-15-29-24-14-20(9-10-23(18)24)26(32)30-25(19-6-3-2-4-7-19)27(33)31-13-11-22(17-31)34-21-8-5-12-28-16-21/h2-10,12,14-16,22,25,29H,11,13,17H2,1H3,(H,30,32). The van der Waals surface area contributed by atoms with E-state index in [2.05, 4.69) is 15.3 Å². The molecule has 0 spiro atoms. The summed E-state index contributed by atoms with van der Waals surface area (Å²) < 4.78 is 5.99. The molecule has 0 bridgehead atoms. The molecule has 0 saturated carbocycles. The highest BCUT2D eigenvalue weighted by molar-refractivity contribution is 6.00. The van der Waals surface area contributed by atoms with Crippen LogP contribution < -0.4 is 10.1 Å². The average molecular weight is 455 g/mol. The van der Waals surface area contributed by atoms with Gasteiger partial charge in [0.2, 0.25) is 5.91 Å². The quantitative estimate of drug-likeness (QED) is 0.461. The van der Waals surface area contributed by atoms with E-state index in [-0.39, 0.29) is 17.9 Å². The molecular weight excluding hydrogens is 428 g/mol. The Labute approximate surface area is 197 Å². The summed E-state index contributed by atoms with van der Waals surface area (Å²) in [6, 6.07) is 17.8. The first-order valence-electron chi connectivity index (χ1n) is 11.4. The topological polar surface area (TPSA) is 87.3 Å². The number of aromatic nitrogens is 2. The minimum atomic E-state index is -0.785. The van der Waals surface area contributed by atoms with Crippen LogP contribution in [0.3, 0.4) is 0 Å². The predicted molar refractivity (Wildman–Crippen MR) is 130 cm³/mol. The van der Waals surface area contributed by atoms with Gasteiger partial charge in [-0.05, 0) is 42.3 Å². The van der Waals surface area contributed by atoms with Crippen molar-refractivity contribution in [1.29, 1.82) is 0 Å². The number of ether oxygens (including phenoxy) is 1. The molecule has 5 rings (SSSR count). The number of likely N-dealkylation sites (tertiary alicyclic amines) is 1. The highest BCUT2D eigenvalue weighted by Gasteiger charge is 2.33. The summed E-state index contributed by atoms with van der Waals surface area (Å²) in [6.07, 6.45) is 5.89. The molecule has 1 saturated heterocycles. The number of H-pyrrole nitrogens is 1. The molecule has 4 aromatic rings. The summed E-state index contributed by atoms with van der Waals surface area (Å²) in [4.78, 5) is 35.8. The van der Waals surface area contributed by atoms with E-state index < -0.39 is 6.04 Å². The summed E-state index contributed by atoms with van der Waals surface area (Å²) in [5, 5.41) is 4.04.